The molecule has 0 unspecified atom stereocenters. The SMILES string of the molecule is CCCCCCCCCCc1sc2c(sc3c2sc2c3sc3c2sc2c4sc5c6sc(CCCCCCCCCC)c(CCCCCCCCCC)c6sc5c4sc23)c1CCCCCCCCCC. The molecule has 0 aliphatic carbocycles. The third-order valence-electron chi connectivity index (χ3n) is 15.3. The molecule has 0 bridgehead atoms. The molecular weight excluding hydrogens is 1010 g/mol. The summed E-state index contributed by atoms with van der Waals surface area (Å²) in [5, 5.41) is 0. The van der Waals surface area contributed by atoms with Crippen molar-refractivity contribution < 1.29 is 0 Å². The normalized spacial score (nSPS) is 12.7. The van der Waals surface area contributed by atoms with Gasteiger partial charge in [0.15, 0.2) is 0 Å². The molecule has 9 heteroatoms. The van der Waals surface area contributed by atoms with Gasteiger partial charge in [-0.05, 0) is 62.5 Å². The molecule has 69 heavy (non-hydrogen) atoms. The van der Waals surface area contributed by atoms with Crippen LogP contribution in [0.25, 0.3) is 75.2 Å². The summed E-state index contributed by atoms with van der Waals surface area (Å²) < 4.78 is 25.8. The minimum absolute atomic E-state index is 1.29. The van der Waals surface area contributed by atoms with Crippen molar-refractivity contribution in [1.82, 2.24) is 0 Å². The fourth-order valence-electron chi connectivity index (χ4n) is 11.2. The van der Waals surface area contributed by atoms with Gasteiger partial charge in [-0.25, -0.2) is 0 Å². The van der Waals surface area contributed by atoms with E-state index in [-0.39, 0.29) is 0 Å². The van der Waals surface area contributed by atoms with E-state index in [1.54, 1.807) is 96.1 Å². The standard InChI is InChI=1S/C60H84S9/c1-5-9-13-17-21-25-29-33-37-41-43(39-35-31-27-23-19-15-11-7-3)61-47-45(41)63-51-49(47)65-55-53(51)67-59-57(55)69-58-56-54(68-60(58)59)52-50(66-56)48-46(64-52)42(38-34-30-26-22-18-14-10-6-2)44(62-48)40-36-32-28-24-20-16-12-8-4/h5-40H2,1-4H3. The lowest BCUT2D eigenvalue weighted by atomic mass is 10.0. The summed E-state index contributed by atoms with van der Waals surface area (Å²) in [5.74, 6) is 0. The molecule has 9 heterocycles. The fourth-order valence-corrected chi connectivity index (χ4v) is 25.6. The molecule has 0 aromatic carbocycles. The lowest BCUT2D eigenvalue weighted by Crippen LogP contribution is -1.91. The molecule has 0 saturated carbocycles. The summed E-state index contributed by atoms with van der Waals surface area (Å²) in [7, 11) is 0. The van der Waals surface area contributed by atoms with Crippen LogP contribution in [0.1, 0.15) is 254 Å². The highest BCUT2D eigenvalue weighted by Crippen LogP contribution is 2.60. The van der Waals surface area contributed by atoms with E-state index in [0.29, 0.717) is 0 Å². The molecule has 0 aliphatic heterocycles. The van der Waals surface area contributed by atoms with Crippen LogP contribution >= 0.6 is 102 Å². The van der Waals surface area contributed by atoms with Crippen molar-refractivity contribution in [2.75, 3.05) is 0 Å². The van der Waals surface area contributed by atoms with Gasteiger partial charge in [0.05, 0.1) is 75.2 Å². The van der Waals surface area contributed by atoms with Gasteiger partial charge in [-0.15, -0.1) is 102 Å². The molecule has 0 nitrogen and oxygen atoms in total. The molecule has 0 saturated heterocycles. The molecule has 9 aromatic rings. The quantitative estimate of drug-likeness (QED) is 0.0343. The molecule has 0 atom stereocenters. The highest BCUT2D eigenvalue weighted by atomic mass is 32.1. The lowest BCUT2D eigenvalue weighted by Gasteiger charge is -2.06. The first-order valence-corrected chi connectivity index (χ1v) is 36.0. The van der Waals surface area contributed by atoms with E-state index in [9.17, 15) is 0 Å². The second-order valence-corrected chi connectivity index (χ2v) is 30.2. The van der Waals surface area contributed by atoms with E-state index in [1.165, 1.54) is 231 Å². The maximum Gasteiger partial charge on any atom is 0.0652 e. The van der Waals surface area contributed by atoms with Crippen molar-refractivity contribution in [2.24, 2.45) is 0 Å². The monoisotopic (exact) mass is 1090 g/mol. The Labute approximate surface area is 452 Å². The summed E-state index contributed by atoms with van der Waals surface area (Å²) in [4.78, 5) is 3.48. The molecule has 0 radical (unpaired) electrons. The van der Waals surface area contributed by atoms with E-state index in [2.05, 4.69) is 130 Å². The van der Waals surface area contributed by atoms with Crippen LogP contribution in [0.4, 0.5) is 0 Å². The van der Waals surface area contributed by atoms with Gasteiger partial charge in [0.2, 0.25) is 0 Å². The first-order valence-electron chi connectivity index (χ1n) is 28.7. The van der Waals surface area contributed by atoms with Crippen LogP contribution in [0.15, 0.2) is 0 Å². The smallest absolute Gasteiger partial charge is 0.0652 e. The Morgan fingerprint density at radius 1 is 0.174 bits per heavy atom. The largest absolute Gasteiger partial charge is 0.138 e. The first-order chi connectivity index (χ1) is 34.1. The second kappa shape index (κ2) is 27.3. The molecule has 9 rings (SSSR count). The summed E-state index contributed by atoms with van der Waals surface area (Å²) >= 11 is 19.5. The number of aryl methyl sites for hydroxylation is 4. The molecule has 0 fully saturated rings. The third-order valence-corrected chi connectivity index (χ3v) is 28.5. The molecule has 0 aliphatic rings. The van der Waals surface area contributed by atoms with Crippen LogP contribution in [-0.4, -0.2) is 0 Å². The Kier molecular flexibility index (Phi) is 21.0. The predicted octanol–water partition coefficient (Wildman–Crippen LogP) is 26.2. The zero-order valence-electron chi connectivity index (χ0n) is 43.1. The van der Waals surface area contributed by atoms with Gasteiger partial charge in [-0.3, -0.25) is 0 Å². The van der Waals surface area contributed by atoms with Crippen molar-refractivity contribution in [3.05, 3.63) is 20.9 Å². The first kappa shape index (κ1) is 53.2. The second-order valence-electron chi connectivity index (χ2n) is 20.9. The van der Waals surface area contributed by atoms with Crippen LogP contribution in [0.3, 0.4) is 0 Å². The Morgan fingerprint density at radius 2 is 0.348 bits per heavy atom. The maximum atomic E-state index is 2.33. The number of fused-ring (bicyclic) bond motifs is 15. The van der Waals surface area contributed by atoms with Crippen molar-refractivity contribution in [1.29, 1.82) is 0 Å². The van der Waals surface area contributed by atoms with Gasteiger partial charge in [0.25, 0.3) is 0 Å². The van der Waals surface area contributed by atoms with Gasteiger partial charge in [0.1, 0.15) is 0 Å². The Hall–Kier alpha value is -0.620. The molecule has 9 aromatic heterocycles. The number of rotatable bonds is 36. The zero-order valence-corrected chi connectivity index (χ0v) is 50.5. The molecular formula is C60H84S9. The van der Waals surface area contributed by atoms with Crippen molar-refractivity contribution >= 4 is 177 Å². The number of hydrogen-bond donors (Lipinski definition) is 0. The Bertz CT molecular complexity index is 2740. The van der Waals surface area contributed by atoms with Crippen molar-refractivity contribution in [3.8, 4) is 0 Å². The lowest BCUT2D eigenvalue weighted by molar-refractivity contribution is 0.572. The van der Waals surface area contributed by atoms with Crippen LogP contribution in [-0.2, 0) is 25.7 Å². The summed E-state index contributed by atoms with van der Waals surface area (Å²) in [6.45, 7) is 9.33. The van der Waals surface area contributed by atoms with E-state index < -0.39 is 0 Å². The van der Waals surface area contributed by atoms with E-state index in [1.807, 2.05) is 0 Å². The molecule has 0 amide bonds. The van der Waals surface area contributed by atoms with E-state index in [0.717, 1.165) is 0 Å². The number of unbranched alkanes of at least 4 members (excludes halogenated alkanes) is 28. The molecule has 0 spiro atoms. The topological polar surface area (TPSA) is 0 Å². The highest BCUT2D eigenvalue weighted by Gasteiger charge is 2.27. The van der Waals surface area contributed by atoms with Gasteiger partial charge >= 0.3 is 0 Å². The van der Waals surface area contributed by atoms with Gasteiger partial charge in [-0.1, -0.05) is 207 Å². The van der Waals surface area contributed by atoms with E-state index in [4.69, 9.17) is 0 Å². The van der Waals surface area contributed by atoms with Gasteiger partial charge < -0.3 is 0 Å². The third kappa shape index (κ3) is 12.6. The van der Waals surface area contributed by atoms with Crippen molar-refractivity contribution in [3.63, 3.8) is 0 Å². The summed E-state index contributed by atoms with van der Waals surface area (Å²) in [5.41, 5.74) is 3.51. The molecule has 0 N–H and O–H groups in total. The highest BCUT2D eigenvalue weighted by molar-refractivity contribution is 7.53. The summed E-state index contributed by atoms with van der Waals surface area (Å²) in [6.07, 6.45) is 50.2. The Morgan fingerprint density at radius 3 is 0.580 bits per heavy atom. The van der Waals surface area contributed by atoms with Crippen molar-refractivity contribution in [2.45, 2.75) is 259 Å². The molecule has 378 valence electrons. The number of thiophene rings is 9. The zero-order chi connectivity index (χ0) is 47.4. The van der Waals surface area contributed by atoms with Crippen LogP contribution in [0.5, 0.6) is 0 Å². The van der Waals surface area contributed by atoms with Crippen LogP contribution < -0.4 is 0 Å². The van der Waals surface area contributed by atoms with Gasteiger partial charge in [0, 0.05) is 9.75 Å². The van der Waals surface area contributed by atoms with Crippen LogP contribution in [0, 0.1) is 0 Å². The average molecular weight is 1090 g/mol. The predicted molar refractivity (Wildman–Crippen MR) is 333 cm³/mol. The number of hydrogen-bond acceptors (Lipinski definition) is 9. The minimum atomic E-state index is 1.29. The average Bonchev–Trinajstić information content (AvgIpc) is 4.24. The summed E-state index contributed by atoms with van der Waals surface area (Å²) in [6, 6.07) is 0. The van der Waals surface area contributed by atoms with Crippen LogP contribution in [0.2, 0.25) is 0 Å². The minimum Gasteiger partial charge on any atom is -0.138 e. The van der Waals surface area contributed by atoms with Gasteiger partial charge in [-0.2, -0.15) is 0 Å². The van der Waals surface area contributed by atoms with E-state index >= 15 is 0 Å². The Balaban J connectivity index is 0.958. The maximum absolute atomic E-state index is 2.33. The fraction of sp³-hybridized carbons (Fsp3) is 0.667.